The summed E-state index contributed by atoms with van der Waals surface area (Å²) >= 11 is 6.22. The van der Waals surface area contributed by atoms with Crippen molar-refractivity contribution in [3.05, 3.63) is 41.7 Å². The van der Waals surface area contributed by atoms with Gasteiger partial charge >= 0.3 is 0 Å². The van der Waals surface area contributed by atoms with Gasteiger partial charge in [0.25, 0.3) is 5.91 Å². The summed E-state index contributed by atoms with van der Waals surface area (Å²) in [7, 11) is 0. The second kappa shape index (κ2) is 5.64. The van der Waals surface area contributed by atoms with Crippen LogP contribution in [0.4, 0.5) is 5.69 Å². The Bertz CT molecular complexity index is 607. The molecule has 6 heteroatoms. The predicted molar refractivity (Wildman–Crippen MR) is 76.2 cm³/mol. The molecule has 1 amide bonds. The zero-order valence-corrected chi connectivity index (χ0v) is 11.5. The highest BCUT2D eigenvalue weighted by molar-refractivity contribution is 6.33. The quantitative estimate of drug-likeness (QED) is 0.946. The number of hydrogen-bond acceptors (Lipinski definition) is 3. The number of nitrogens with one attached hydrogen (secondary N) is 1. The molecule has 104 valence electrons. The van der Waals surface area contributed by atoms with E-state index < -0.39 is 0 Å². The fourth-order valence-corrected chi connectivity index (χ4v) is 2.51. The summed E-state index contributed by atoms with van der Waals surface area (Å²) in [5.41, 5.74) is 1.28. The third-order valence-corrected chi connectivity index (χ3v) is 3.51. The maximum absolute atomic E-state index is 12.1. The molecule has 0 aliphatic carbocycles. The maximum atomic E-state index is 12.1. The number of hydrogen-bond donors (Lipinski definition) is 1. The lowest BCUT2D eigenvalue weighted by Crippen LogP contribution is -2.27. The number of nitrogens with zero attached hydrogens (tertiary/aromatic N) is 2. The van der Waals surface area contributed by atoms with Crippen molar-refractivity contribution >= 4 is 23.2 Å². The average Bonchev–Trinajstić information content (AvgIpc) is 3.12. The van der Waals surface area contributed by atoms with Crippen LogP contribution in [0.2, 0.25) is 5.02 Å². The van der Waals surface area contributed by atoms with Gasteiger partial charge in [0.05, 0.1) is 10.7 Å². The molecule has 0 radical (unpaired) electrons. The molecule has 20 heavy (non-hydrogen) atoms. The molecular weight excluding hydrogens is 278 g/mol. The van der Waals surface area contributed by atoms with Gasteiger partial charge in [-0.3, -0.25) is 4.79 Å². The minimum atomic E-state index is -0.376. The first-order valence-electron chi connectivity index (χ1n) is 6.47. The fraction of sp³-hybridized carbons (Fsp3) is 0.286. The Kier molecular flexibility index (Phi) is 3.71. The van der Waals surface area contributed by atoms with Crippen LogP contribution >= 0.6 is 11.6 Å². The standard InChI is InChI=1S/C14H14ClN3O2/c15-10-4-1-5-11(13(10)18-8-3-7-16-18)17-14(19)12-6-2-9-20-12/h1,3-5,7-8,12H,2,6,9H2,(H,17,19). The summed E-state index contributed by atoms with van der Waals surface area (Å²) in [4.78, 5) is 12.1. The third kappa shape index (κ3) is 2.55. The van der Waals surface area contributed by atoms with Crippen LogP contribution in [0.1, 0.15) is 12.8 Å². The second-order valence-electron chi connectivity index (χ2n) is 4.58. The van der Waals surface area contributed by atoms with Crippen LogP contribution in [0.15, 0.2) is 36.7 Å². The second-order valence-corrected chi connectivity index (χ2v) is 4.98. The first-order valence-corrected chi connectivity index (χ1v) is 6.84. The number of ether oxygens (including phenoxy) is 1. The molecule has 1 fully saturated rings. The molecule has 1 saturated heterocycles. The summed E-state index contributed by atoms with van der Waals surface area (Å²) in [5.74, 6) is -0.141. The normalized spacial score (nSPS) is 18.1. The molecule has 1 unspecified atom stereocenters. The number of para-hydroxylation sites is 1. The predicted octanol–water partition coefficient (Wildman–Crippen LogP) is 2.64. The fourth-order valence-electron chi connectivity index (χ4n) is 2.25. The van der Waals surface area contributed by atoms with Gasteiger partial charge in [0.2, 0.25) is 0 Å². The molecular formula is C14H14ClN3O2. The van der Waals surface area contributed by atoms with Gasteiger partial charge in [0.15, 0.2) is 0 Å². The van der Waals surface area contributed by atoms with Gasteiger partial charge in [0.1, 0.15) is 11.8 Å². The van der Waals surface area contributed by atoms with Crippen LogP contribution in [0.5, 0.6) is 0 Å². The van der Waals surface area contributed by atoms with Crippen molar-refractivity contribution in [2.24, 2.45) is 0 Å². The van der Waals surface area contributed by atoms with Gasteiger partial charge in [0, 0.05) is 19.0 Å². The van der Waals surface area contributed by atoms with Crippen molar-refractivity contribution in [3.8, 4) is 5.69 Å². The van der Waals surface area contributed by atoms with E-state index in [1.54, 1.807) is 41.3 Å². The highest BCUT2D eigenvalue weighted by Gasteiger charge is 2.24. The van der Waals surface area contributed by atoms with Crippen molar-refractivity contribution in [1.82, 2.24) is 9.78 Å². The SMILES string of the molecule is O=C(Nc1cccc(Cl)c1-n1cccn1)C1CCCO1. The van der Waals surface area contributed by atoms with E-state index in [4.69, 9.17) is 16.3 Å². The molecule has 3 rings (SSSR count). The van der Waals surface area contributed by atoms with Crippen molar-refractivity contribution in [3.63, 3.8) is 0 Å². The van der Waals surface area contributed by atoms with E-state index in [-0.39, 0.29) is 12.0 Å². The van der Waals surface area contributed by atoms with Gasteiger partial charge in [-0.05, 0) is 31.0 Å². The number of benzene rings is 1. The van der Waals surface area contributed by atoms with Crippen LogP contribution in [-0.4, -0.2) is 28.4 Å². The lowest BCUT2D eigenvalue weighted by Gasteiger charge is -2.15. The minimum Gasteiger partial charge on any atom is -0.368 e. The zero-order valence-electron chi connectivity index (χ0n) is 10.8. The van der Waals surface area contributed by atoms with E-state index in [9.17, 15) is 4.79 Å². The molecule has 1 aromatic heterocycles. The summed E-state index contributed by atoms with van der Waals surface area (Å²) in [6.07, 6.45) is 4.74. The lowest BCUT2D eigenvalue weighted by molar-refractivity contribution is -0.124. The van der Waals surface area contributed by atoms with E-state index >= 15 is 0 Å². The smallest absolute Gasteiger partial charge is 0.253 e. The van der Waals surface area contributed by atoms with E-state index in [0.717, 1.165) is 12.8 Å². The van der Waals surface area contributed by atoms with Crippen LogP contribution in [-0.2, 0) is 9.53 Å². The van der Waals surface area contributed by atoms with Crippen molar-refractivity contribution in [2.75, 3.05) is 11.9 Å². The molecule has 5 nitrogen and oxygen atoms in total. The largest absolute Gasteiger partial charge is 0.368 e. The average molecular weight is 292 g/mol. The lowest BCUT2D eigenvalue weighted by atomic mass is 10.2. The van der Waals surface area contributed by atoms with Crippen LogP contribution in [0, 0.1) is 0 Å². The third-order valence-electron chi connectivity index (χ3n) is 3.20. The van der Waals surface area contributed by atoms with Gasteiger partial charge < -0.3 is 10.1 Å². The summed E-state index contributed by atoms with van der Waals surface area (Å²) < 4.78 is 7.01. The monoisotopic (exact) mass is 291 g/mol. The first-order chi connectivity index (χ1) is 9.75. The molecule has 1 aromatic carbocycles. The molecule has 2 aromatic rings. The summed E-state index contributed by atoms with van der Waals surface area (Å²) in [6, 6.07) is 7.16. The molecule has 2 heterocycles. The van der Waals surface area contributed by atoms with Gasteiger partial charge in [-0.15, -0.1) is 0 Å². The number of amides is 1. The highest BCUT2D eigenvalue weighted by atomic mass is 35.5. The van der Waals surface area contributed by atoms with Crippen molar-refractivity contribution in [2.45, 2.75) is 18.9 Å². The Balaban J connectivity index is 1.89. The van der Waals surface area contributed by atoms with Crippen LogP contribution in [0.25, 0.3) is 5.69 Å². The van der Waals surface area contributed by atoms with Crippen molar-refractivity contribution in [1.29, 1.82) is 0 Å². The topological polar surface area (TPSA) is 56.2 Å². The summed E-state index contributed by atoms with van der Waals surface area (Å²) in [6.45, 7) is 0.639. The number of anilines is 1. The summed E-state index contributed by atoms with van der Waals surface area (Å²) in [5, 5.41) is 7.56. The Hall–Kier alpha value is -1.85. The number of aromatic nitrogens is 2. The molecule has 1 aliphatic rings. The Labute approximate surface area is 121 Å². The Morgan fingerprint density at radius 3 is 3.05 bits per heavy atom. The molecule has 1 aliphatic heterocycles. The maximum Gasteiger partial charge on any atom is 0.253 e. The number of rotatable bonds is 3. The van der Waals surface area contributed by atoms with Gasteiger partial charge in [-0.25, -0.2) is 4.68 Å². The first kappa shape index (κ1) is 13.1. The number of carbonyl (C=O) groups excluding carboxylic acids is 1. The van der Waals surface area contributed by atoms with E-state index in [0.29, 0.717) is 23.0 Å². The molecule has 0 saturated carbocycles. The number of halogens is 1. The van der Waals surface area contributed by atoms with E-state index in [1.165, 1.54) is 0 Å². The number of carbonyl (C=O) groups is 1. The van der Waals surface area contributed by atoms with Gasteiger partial charge in [-0.2, -0.15) is 5.10 Å². The zero-order chi connectivity index (χ0) is 13.9. The van der Waals surface area contributed by atoms with Crippen LogP contribution < -0.4 is 5.32 Å². The van der Waals surface area contributed by atoms with Gasteiger partial charge in [-0.1, -0.05) is 17.7 Å². The van der Waals surface area contributed by atoms with E-state index in [2.05, 4.69) is 10.4 Å². The molecule has 0 spiro atoms. The van der Waals surface area contributed by atoms with Crippen molar-refractivity contribution < 1.29 is 9.53 Å². The Morgan fingerprint density at radius 1 is 1.45 bits per heavy atom. The molecule has 1 N–H and O–H groups in total. The molecule has 0 bridgehead atoms. The van der Waals surface area contributed by atoms with E-state index in [1.807, 2.05) is 0 Å². The van der Waals surface area contributed by atoms with Crippen LogP contribution in [0.3, 0.4) is 0 Å². The Morgan fingerprint density at radius 2 is 2.35 bits per heavy atom. The molecule has 1 atom stereocenters. The minimum absolute atomic E-state index is 0.141. The highest BCUT2D eigenvalue weighted by Crippen LogP contribution is 2.28.